The SMILES string of the molecule is Cc1ccc(S(=O)(=O)Oc2c3c(c(C)c(O)c2C2C=C(CCC(=O)O)CC2)COC3=O)cc1. The highest BCUT2D eigenvalue weighted by atomic mass is 32.2. The van der Waals surface area contributed by atoms with Gasteiger partial charge in [-0.3, -0.25) is 4.79 Å². The van der Waals surface area contributed by atoms with E-state index in [0.29, 0.717) is 30.4 Å². The maximum absolute atomic E-state index is 13.1. The molecule has 9 heteroatoms. The molecule has 2 aromatic rings. The van der Waals surface area contributed by atoms with Gasteiger partial charge in [0.05, 0.1) is 0 Å². The average Bonchev–Trinajstić information content (AvgIpc) is 3.37. The normalized spacial score (nSPS) is 17.5. The maximum Gasteiger partial charge on any atom is 0.342 e. The minimum atomic E-state index is -4.31. The molecule has 0 spiro atoms. The lowest BCUT2D eigenvalue weighted by Gasteiger charge is -2.20. The number of cyclic esters (lactones) is 1. The number of benzene rings is 2. The van der Waals surface area contributed by atoms with Crippen molar-refractivity contribution in [3.05, 3.63) is 63.7 Å². The van der Waals surface area contributed by atoms with Gasteiger partial charge in [-0.1, -0.05) is 29.3 Å². The van der Waals surface area contributed by atoms with Crippen LogP contribution in [0.25, 0.3) is 0 Å². The summed E-state index contributed by atoms with van der Waals surface area (Å²) in [5, 5.41) is 20.0. The Hall–Kier alpha value is -3.33. The first kappa shape index (κ1) is 22.8. The minimum Gasteiger partial charge on any atom is -0.507 e. The first-order chi connectivity index (χ1) is 15.6. The van der Waals surface area contributed by atoms with E-state index in [1.165, 1.54) is 12.1 Å². The number of carbonyl (C=O) groups excluding carboxylic acids is 1. The Labute approximate surface area is 191 Å². The van der Waals surface area contributed by atoms with Gasteiger partial charge < -0.3 is 19.1 Å². The molecule has 1 atom stereocenters. The van der Waals surface area contributed by atoms with Crippen LogP contribution in [0.3, 0.4) is 0 Å². The molecule has 8 nitrogen and oxygen atoms in total. The molecule has 0 aromatic heterocycles. The summed E-state index contributed by atoms with van der Waals surface area (Å²) < 4.78 is 36.9. The van der Waals surface area contributed by atoms with Crippen molar-refractivity contribution >= 4 is 22.1 Å². The number of rotatable bonds is 7. The summed E-state index contributed by atoms with van der Waals surface area (Å²) in [6.45, 7) is 3.38. The first-order valence-corrected chi connectivity index (χ1v) is 12.0. The maximum atomic E-state index is 13.1. The lowest BCUT2D eigenvalue weighted by Crippen LogP contribution is -2.15. The molecule has 1 heterocycles. The van der Waals surface area contributed by atoms with E-state index < -0.39 is 28.0 Å². The number of esters is 1. The van der Waals surface area contributed by atoms with Crippen molar-refractivity contribution in [2.24, 2.45) is 0 Å². The highest BCUT2D eigenvalue weighted by Gasteiger charge is 2.38. The molecule has 2 aromatic carbocycles. The van der Waals surface area contributed by atoms with Crippen LogP contribution in [0.5, 0.6) is 11.5 Å². The second-order valence-electron chi connectivity index (χ2n) is 8.36. The fourth-order valence-electron chi connectivity index (χ4n) is 4.31. The molecule has 4 rings (SSSR count). The zero-order valence-corrected chi connectivity index (χ0v) is 19.1. The number of phenolic OH excluding ortho intramolecular Hbond substituents is 1. The monoisotopic (exact) mass is 472 g/mol. The van der Waals surface area contributed by atoms with Gasteiger partial charge in [-0.15, -0.1) is 0 Å². The molecular formula is C24H24O8S. The van der Waals surface area contributed by atoms with Crippen LogP contribution < -0.4 is 4.18 Å². The van der Waals surface area contributed by atoms with Crippen molar-refractivity contribution in [2.75, 3.05) is 0 Å². The molecule has 1 aliphatic heterocycles. The molecule has 33 heavy (non-hydrogen) atoms. The number of aryl methyl sites for hydroxylation is 1. The summed E-state index contributed by atoms with van der Waals surface area (Å²) in [4.78, 5) is 23.4. The van der Waals surface area contributed by atoms with Gasteiger partial charge in [0.1, 0.15) is 22.8 Å². The van der Waals surface area contributed by atoms with Crippen LogP contribution in [-0.4, -0.2) is 30.6 Å². The Balaban J connectivity index is 1.83. The van der Waals surface area contributed by atoms with Crippen molar-refractivity contribution in [1.82, 2.24) is 0 Å². The number of aromatic hydroxyl groups is 1. The molecule has 2 N–H and O–H groups in total. The van der Waals surface area contributed by atoms with Crippen molar-refractivity contribution in [1.29, 1.82) is 0 Å². The zero-order chi connectivity index (χ0) is 23.9. The summed E-state index contributed by atoms with van der Waals surface area (Å²) >= 11 is 0. The van der Waals surface area contributed by atoms with Crippen LogP contribution in [0.4, 0.5) is 0 Å². The third-order valence-corrected chi connectivity index (χ3v) is 7.37. The molecule has 0 fully saturated rings. The van der Waals surface area contributed by atoms with Crippen molar-refractivity contribution in [3.8, 4) is 11.5 Å². The molecule has 0 bridgehead atoms. The second-order valence-corrected chi connectivity index (χ2v) is 9.91. The van der Waals surface area contributed by atoms with Gasteiger partial charge in [-0.25, -0.2) is 4.79 Å². The molecule has 1 aliphatic carbocycles. The van der Waals surface area contributed by atoms with Crippen LogP contribution in [0.15, 0.2) is 40.8 Å². The summed E-state index contributed by atoms with van der Waals surface area (Å²) in [6, 6.07) is 6.10. The van der Waals surface area contributed by atoms with Crippen LogP contribution in [-0.2, 0) is 26.3 Å². The molecule has 0 saturated heterocycles. The molecule has 0 radical (unpaired) electrons. The van der Waals surface area contributed by atoms with Gasteiger partial charge >= 0.3 is 22.1 Å². The molecule has 0 saturated carbocycles. The van der Waals surface area contributed by atoms with Gasteiger partial charge in [0.25, 0.3) is 0 Å². The van der Waals surface area contributed by atoms with E-state index in [0.717, 1.165) is 11.1 Å². The van der Waals surface area contributed by atoms with Gasteiger partial charge in [-0.2, -0.15) is 8.42 Å². The quantitative estimate of drug-likeness (QED) is 0.350. The van der Waals surface area contributed by atoms with E-state index in [-0.39, 0.29) is 40.5 Å². The largest absolute Gasteiger partial charge is 0.507 e. The van der Waals surface area contributed by atoms with E-state index in [2.05, 4.69) is 0 Å². The smallest absolute Gasteiger partial charge is 0.342 e. The molecule has 0 amide bonds. The Morgan fingerprint density at radius 1 is 1.21 bits per heavy atom. The number of allylic oxidation sites excluding steroid dienone is 2. The highest BCUT2D eigenvalue weighted by Crippen LogP contribution is 2.49. The standard InChI is InChI=1S/C24H24O8S/c1-13-3-8-17(9-4-13)33(29,30)32-23-20(16-7-5-15(11-16)6-10-19(25)26)22(27)14(2)18-12-31-24(28)21(18)23/h3-4,8-9,11,16,27H,5-7,10,12H2,1-2H3,(H,25,26). The Morgan fingerprint density at radius 2 is 1.91 bits per heavy atom. The molecule has 2 aliphatic rings. The van der Waals surface area contributed by atoms with E-state index >= 15 is 0 Å². The summed E-state index contributed by atoms with van der Waals surface area (Å²) in [7, 11) is -4.31. The lowest BCUT2D eigenvalue weighted by molar-refractivity contribution is -0.136. The zero-order valence-electron chi connectivity index (χ0n) is 18.3. The first-order valence-electron chi connectivity index (χ1n) is 10.6. The van der Waals surface area contributed by atoms with Crippen LogP contribution in [0, 0.1) is 13.8 Å². The molecule has 1 unspecified atom stereocenters. The second kappa shape index (κ2) is 8.55. The fraction of sp³-hybridized carbons (Fsp3) is 0.333. The van der Waals surface area contributed by atoms with Crippen molar-refractivity contribution < 1.29 is 37.1 Å². The number of carboxylic acid groups (broad SMARTS) is 1. The predicted molar refractivity (Wildman–Crippen MR) is 118 cm³/mol. The number of fused-ring (bicyclic) bond motifs is 1. The predicted octanol–water partition coefficient (Wildman–Crippen LogP) is 4.12. The number of aliphatic carboxylic acids is 1. The van der Waals surface area contributed by atoms with E-state index in [1.807, 2.05) is 13.0 Å². The van der Waals surface area contributed by atoms with Crippen molar-refractivity contribution in [2.45, 2.75) is 57.0 Å². The van der Waals surface area contributed by atoms with Crippen LogP contribution >= 0.6 is 0 Å². The number of hydrogen-bond acceptors (Lipinski definition) is 7. The van der Waals surface area contributed by atoms with E-state index in [1.54, 1.807) is 19.1 Å². The number of carbonyl (C=O) groups is 2. The van der Waals surface area contributed by atoms with Gasteiger partial charge in [0.15, 0.2) is 5.75 Å². The third kappa shape index (κ3) is 4.32. The summed E-state index contributed by atoms with van der Waals surface area (Å²) in [5.74, 6) is -2.43. The highest BCUT2D eigenvalue weighted by molar-refractivity contribution is 7.87. The Morgan fingerprint density at radius 3 is 2.58 bits per heavy atom. The number of carboxylic acids is 1. The number of ether oxygens (including phenoxy) is 1. The van der Waals surface area contributed by atoms with Gasteiger partial charge in [0, 0.05) is 23.5 Å². The topological polar surface area (TPSA) is 127 Å². The van der Waals surface area contributed by atoms with Crippen LogP contribution in [0.2, 0.25) is 0 Å². The molecular weight excluding hydrogens is 448 g/mol. The van der Waals surface area contributed by atoms with E-state index in [4.69, 9.17) is 14.0 Å². The molecule has 174 valence electrons. The summed E-state index contributed by atoms with van der Waals surface area (Å²) in [6.07, 6.45) is 3.29. The fourth-order valence-corrected chi connectivity index (χ4v) is 5.26. The third-order valence-electron chi connectivity index (χ3n) is 6.13. The van der Waals surface area contributed by atoms with Gasteiger partial charge in [-0.05, 0) is 50.8 Å². The number of hydrogen-bond donors (Lipinski definition) is 2. The van der Waals surface area contributed by atoms with Crippen LogP contribution in [0.1, 0.15) is 64.2 Å². The Bertz CT molecular complexity index is 1270. The van der Waals surface area contributed by atoms with Crippen molar-refractivity contribution in [3.63, 3.8) is 0 Å². The van der Waals surface area contributed by atoms with E-state index in [9.17, 15) is 23.1 Å². The van der Waals surface area contributed by atoms with Gasteiger partial charge in [0.2, 0.25) is 0 Å². The Kier molecular flexibility index (Phi) is 5.92. The minimum absolute atomic E-state index is 0.00312. The number of phenols is 1. The average molecular weight is 473 g/mol. The summed E-state index contributed by atoms with van der Waals surface area (Å²) in [5.41, 5.74) is 2.79. The lowest BCUT2D eigenvalue weighted by atomic mass is 9.89.